The molecule has 0 aromatic heterocycles. The topological polar surface area (TPSA) is 53.9 Å². The van der Waals surface area contributed by atoms with Gasteiger partial charge in [0.2, 0.25) is 5.88 Å². The second-order valence-electron chi connectivity index (χ2n) is 4.33. The van der Waals surface area contributed by atoms with Gasteiger partial charge in [-0.2, -0.15) is 5.10 Å². The molecule has 2 N–H and O–H groups in total. The highest BCUT2D eigenvalue weighted by Crippen LogP contribution is 2.40. The van der Waals surface area contributed by atoms with E-state index < -0.39 is 0 Å². The first-order valence-corrected chi connectivity index (χ1v) is 6.27. The normalized spacial score (nSPS) is 30.9. The van der Waals surface area contributed by atoms with Crippen LogP contribution in [0.5, 0.6) is 0 Å². The Morgan fingerprint density at radius 1 is 1.75 bits per heavy atom. The lowest BCUT2D eigenvalue weighted by atomic mass is 9.81. The molecular weight excluding hydrogens is 272 g/mol. The summed E-state index contributed by atoms with van der Waals surface area (Å²) < 4.78 is 5.48. The number of nitrogens with one attached hydrogen (secondary N) is 1. The van der Waals surface area contributed by atoms with Gasteiger partial charge in [-0.05, 0) is 19.8 Å². The standard InChI is InChI=1S/C11H19BrN2O2/c1-11(12)6-4-3-5-9(11)7-16-8-10(15)14-13-2/h8-9,14-15H,2-7H2,1H3/b10-8-/t9?,11-/m1/s1. The minimum Gasteiger partial charge on any atom is -0.495 e. The molecule has 1 fully saturated rings. The summed E-state index contributed by atoms with van der Waals surface area (Å²) in [6.45, 7) is 6.00. The maximum Gasteiger partial charge on any atom is 0.240 e. The van der Waals surface area contributed by atoms with Gasteiger partial charge >= 0.3 is 0 Å². The molecule has 0 saturated heterocycles. The van der Waals surface area contributed by atoms with Crippen molar-refractivity contribution in [2.24, 2.45) is 11.0 Å². The van der Waals surface area contributed by atoms with Crippen molar-refractivity contribution in [2.75, 3.05) is 6.61 Å². The van der Waals surface area contributed by atoms with Gasteiger partial charge < -0.3 is 9.84 Å². The van der Waals surface area contributed by atoms with Gasteiger partial charge in [0.25, 0.3) is 0 Å². The number of alkyl halides is 1. The van der Waals surface area contributed by atoms with E-state index in [4.69, 9.17) is 4.74 Å². The van der Waals surface area contributed by atoms with Crippen molar-refractivity contribution in [1.82, 2.24) is 5.43 Å². The van der Waals surface area contributed by atoms with E-state index in [1.165, 1.54) is 25.5 Å². The maximum atomic E-state index is 9.19. The van der Waals surface area contributed by atoms with Gasteiger partial charge in [-0.3, -0.25) is 0 Å². The first-order chi connectivity index (χ1) is 7.56. The molecule has 0 spiro atoms. The van der Waals surface area contributed by atoms with Crippen LogP contribution in [0.4, 0.5) is 0 Å². The Kier molecular flexibility index (Phi) is 5.12. The van der Waals surface area contributed by atoms with Crippen LogP contribution in [0, 0.1) is 5.92 Å². The third-order valence-electron chi connectivity index (χ3n) is 3.01. The first kappa shape index (κ1) is 13.4. The van der Waals surface area contributed by atoms with Gasteiger partial charge in [-0.1, -0.05) is 28.8 Å². The molecule has 1 aliphatic rings. The zero-order valence-electron chi connectivity index (χ0n) is 9.58. The quantitative estimate of drug-likeness (QED) is 0.354. The molecule has 0 heterocycles. The second-order valence-corrected chi connectivity index (χ2v) is 6.14. The minimum absolute atomic E-state index is 0.123. The van der Waals surface area contributed by atoms with Crippen LogP contribution < -0.4 is 5.43 Å². The van der Waals surface area contributed by atoms with Crippen LogP contribution in [0.3, 0.4) is 0 Å². The summed E-state index contributed by atoms with van der Waals surface area (Å²) >= 11 is 3.75. The lowest BCUT2D eigenvalue weighted by molar-refractivity contribution is 0.135. The average Bonchev–Trinajstić information content (AvgIpc) is 2.21. The van der Waals surface area contributed by atoms with E-state index in [1.807, 2.05) is 0 Å². The summed E-state index contributed by atoms with van der Waals surface area (Å²) in [5.74, 6) is 0.351. The number of aliphatic hydroxyl groups is 1. The first-order valence-electron chi connectivity index (χ1n) is 5.47. The van der Waals surface area contributed by atoms with Crippen LogP contribution in [0.1, 0.15) is 32.6 Å². The molecule has 0 bridgehead atoms. The summed E-state index contributed by atoms with van der Waals surface area (Å²) in [5, 5.41) is 12.5. The van der Waals surface area contributed by atoms with Crippen LogP contribution in [-0.2, 0) is 4.74 Å². The molecule has 92 valence electrons. The molecule has 0 aromatic rings. The number of aliphatic hydroxyl groups excluding tert-OH is 1. The zero-order valence-corrected chi connectivity index (χ0v) is 11.2. The van der Waals surface area contributed by atoms with E-state index in [2.05, 4.69) is 40.1 Å². The highest BCUT2D eigenvalue weighted by molar-refractivity contribution is 9.10. The van der Waals surface area contributed by atoms with Crippen LogP contribution in [0.15, 0.2) is 17.2 Å². The van der Waals surface area contributed by atoms with Crippen molar-refractivity contribution in [3.8, 4) is 0 Å². The van der Waals surface area contributed by atoms with E-state index in [-0.39, 0.29) is 10.2 Å². The molecule has 0 aromatic carbocycles. The Bertz CT molecular complexity index is 267. The molecule has 1 saturated carbocycles. The number of halogens is 1. The Balaban J connectivity index is 2.36. The van der Waals surface area contributed by atoms with Crippen LogP contribution >= 0.6 is 15.9 Å². The molecule has 0 aliphatic heterocycles. The molecule has 0 radical (unpaired) electrons. The molecule has 1 aliphatic carbocycles. The van der Waals surface area contributed by atoms with Crippen LogP contribution in [0.2, 0.25) is 0 Å². The fourth-order valence-corrected chi connectivity index (χ4v) is 2.62. The highest BCUT2D eigenvalue weighted by atomic mass is 79.9. The van der Waals surface area contributed by atoms with Gasteiger partial charge in [-0.15, -0.1) is 0 Å². The summed E-state index contributed by atoms with van der Waals surface area (Å²) in [5.41, 5.74) is 2.30. The molecule has 5 heteroatoms. The number of hydrazone groups is 1. The molecule has 1 unspecified atom stereocenters. The average molecular weight is 291 g/mol. The third kappa shape index (κ3) is 4.04. The van der Waals surface area contributed by atoms with Gasteiger partial charge in [0, 0.05) is 17.0 Å². The van der Waals surface area contributed by atoms with Gasteiger partial charge in [0.05, 0.1) is 6.61 Å². The Morgan fingerprint density at radius 3 is 3.12 bits per heavy atom. The fourth-order valence-electron chi connectivity index (χ4n) is 1.97. The SMILES string of the molecule is C=NN/C(O)=C/OCC1CCCC[C@@]1(C)Br. The summed E-state index contributed by atoms with van der Waals surface area (Å²) in [7, 11) is 0. The van der Waals surface area contributed by atoms with Crippen LogP contribution in [0.25, 0.3) is 0 Å². The van der Waals surface area contributed by atoms with E-state index in [0.29, 0.717) is 12.5 Å². The number of nitrogens with zero attached hydrogens (tertiary/aromatic N) is 1. The van der Waals surface area contributed by atoms with Gasteiger partial charge in [-0.25, -0.2) is 5.43 Å². The van der Waals surface area contributed by atoms with E-state index in [1.54, 1.807) is 0 Å². The summed E-state index contributed by atoms with van der Waals surface area (Å²) in [6.07, 6.45) is 6.11. The molecule has 16 heavy (non-hydrogen) atoms. The Labute approximate surface area is 105 Å². The van der Waals surface area contributed by atoms with Crippen molar-refractivity contribution < 1.29 is 9.84 Å². The highest BCUT2D eigenvalue weighted by Gasteiger charge is 2.34. The van der Waals surface area contributed by atoms with Crippen molar-refractivity contribution >= 4 is 22.6 Å². The number of hydrogen-bond donors (Lipinski definition) is 2. The van der Waals surface area contributed by atoms with Crippen molar-refractivity contribution in [2.45, 2.75) is 36.9 Å². The minimum atomic E-state index is -0.123. The number of hydrogen-bond acceptors (Lipinski definition) is 4. The lowest BCUT2D eigenvalue weighted by Gasteiger charge is -2.36. The summed E-state index contributed by atoms with van der Waals surface area (Å²) in [6, 6.07) is 0. The predicted molar refractivity (Wildman–Crippen MR) is 68.6 cm³/mol. The van der Waals surface area contributed by atoms with Crippen molar-refractivity contribution in [3.63, 3.8) is 0 Å². The fraction of sp³-hybridized carbons (Fsp3) is 0.727. The second kappa shape index (κ2) is 6.13. The zero-order chi connectivity index (χ0) is 12.0. The monoisotopic (exact) mass is 290 g/mol. The van der Waals surface area contributed by atoms with E-state index in [9.17, 15) is 5.11 Å². The predicted octanol–water partition coefficient (Wildman–Crippen LogP) is 2.91. The molecule has 4 nitrogen and oxygen atoms in total. The smallest absolute Gasteiger partial charge is 0.240 e. The van der Waals surface area contributed by atoms with E-state index >= 15 is 0 Å². The van der Waals surface area contributed by atoms with E-state index in [0.717, 1.165) is 6.42 Å². The molecular formula is C11H19BrN2O2. The molecule has 2 atom stereocenters. The largest absolute Gasteiger partial charge is 0.495 e. The molecule has 0 amide bonds. The summed E-state index contributed by atoms with van der Waals surface area (Å²) in [4.78, 5) is 0. The number of rotatable bonds is 5. The van der Waals surface area contributed by atoms with Crippen molar-refractivity contribution in [1.29, 1.82) is 0 Å². The Hall–Kier alpha value is -0.710. The molecule has 1 rings (SSSR count). The van der Waals surface area contributed by atoms with Gasteiger partial charge in [0.1, 0.15) is 6.26 Å². The van der Waals surface area contributed by atoms with Gasteiger partial charge in [0.15, 0.2) is 0 Å². The lowest BCUT2D eigenvalue weighted by Crippen LogP contribution is -2.34. The van der Waals surface area contributed by atoms with Crippen molar-refractivity contribution in [3.05, 3.63) is 12.1 Å². The maximum absolute atomic E-state index is 9.19. The third-order valence-corrected chi connectivity index (χ3v) is 4.05. The Morgan fingerprint density at radius 2 is 2.50 bits per heavy atom. The number of ether oxygens (including phenoxy) is 1. The van der Waals surface area contributed by atoms with Crippen LogP contribution in [-0.4, -0.2) is 22.8 Å².